The van der Waals surface area contributed by atoms with Crippen molar-refractivity contribution in [3.8, 4) is 0 Å². The number of alkyl halides is 1. The molecule has 36 valence electrons. The number of hydrogen-bond donors (Lipinski definition) is 1. The fraction of sp³-hybridized carbons (Fsp3) is 1.00. The molecule has 0 heterocycles. The average molecular weight is 239 g/mol. The van der Waals surface area contributed by atoms with Gasteiger partial charge < -0.3 is 5.11 Å². The first-order chi connectivity index (χ1) is 2.00. The number of rotatable bonds is 0. The van der Waals surface area contributed by atoms with Gasteiger partial charge in [0.15, 0.2) is 0 Å². The summed E-state index contributed by atoms with van der Waals surface area (Å²) in [6, 6.07) is 0. The van der Waals surface area contributed by atoms with Crippen LogP contribution < -0.4 is 0 Å². The average Bonchev–Trinajstić information content (AvgIpc) is 0.722. The maximum absolute atomic E-state index is 8.29. The van der Waals surface area contributed by atoms with Gasteiger partial charge in [0.2, 0.25) is 0 Å². The first-order valence-electron chi connectivity index (χ1n) is 1.41. The zero-order valence-electron chi connectivity index (χ0n) is 3.83. The van der Waals surface area contributed by atoms with E-state index >= 15 is 0 Å². The molecule has 0 saturated heterocycles. The van der Waals surface area contributed by atoms with Gasteiger partial charge in [-0.1, -0.05) is 11.6 Å². The number of aliphatic hydroxyl groups is 1. The van der Waals surface area contributed by atoms with Gasteiger partial charge in [0.25, 0.3) is 0 Å². The minimum Gasteiger partial charge on any atom is -0.376 e. The Kier molecular flexibility index (Phi) is 6.31. The molecule has 0 fully saturated rings. The Bertz CT molecular complexity index is 26.3. The molecular formula is C3H7ClNdO. The summed E-state index contributed by atoms with van der Waals surface area (Å²) < 4.78 is 0. The first-order valence-corrected chi connectivity index (χ1v) is 1.79. The molecule has 0 rings (SSSR count). The Balaban J connectivity index is 0. The monoisotopic (exact) mass is 236 g/mol. The molecule has 3 heteroatoms. The van der Waals surface area contributed by atoms with Crippen LogP contribution in [0.3, 0.4) is 0 Å². The van der Waals surface area contributed by atoms with Crippen molar-refractivity contribution in [2.24, 2.45) is 0 Å². The summed E-state index contributed by atoms with van der Waals surface area (Å²) in [5.41, 5.74) is 0. The maximum atomic E-state index is 8.29. The Morgan fingerprint density at radius 1 is 1.50 bits per heavy atom. The van der Waals surface area contributed by atoms with E-state index in [1.54, 1.807) is 0 Å². The topological polar surface area (TPSA) is 20.2 Å². The summed E-state index contributed by atoms with van der Waals surface area (Å²) >= 11 is 5.09. The second kappa shape index (κ2) is 3.58. The fourth-order valence-corrected chi connectivity index (χ4v) is 0. The number of halogens is 1. The standard InChI is InChI=1S/C3H7ClO.Nd/c1-3(2,4)5;/h5H,1-2H3;. The van der Waals surface area contributed by atoms with Gasteiger partial charge in [-0.3, -0.25) is 0 Å². The van der Waals surface area contributed by atoms with Crippen molar-refractivity contribution in [1.82, 2.24) is 0 Å². The molecule has 0 aliphatic heterocycles. The third-order valence-corrected chi connectivity index (χ3v) is 0. The van der Waals surface area contributed by atoms with Crippen LogP contribution in [0.1, 0.15) is 13.8 Å². The fourth-order valence-electron chi connectivity index (χ4n) is 0. The van der Waals surface area contributed by atoms with E-state index in [-0.39, 0.29) is 40.8 Å². The largest absolute Gasteiger partial charge is 0.376 e. The molecule has 0 aliphatic rings. The Morgan fingerprint density at radius 2 is 1.50 bits per heavy atom. The van der Waals surface area contributed by atoms with Gasteiger partial charge in [0, 0.05) is 40.8 Å². The molecular weight excluding hydrogens is 232 g/mol. The van der Waals surface area contributed by atoms with Crippen LogP contribution in [0.15, 0.2) is 0 Å². The summed E-state index contributed by atoms with van der Waals surface area (Å²) in [5, 5.41) is 7.26. The van der Waals surface area contributed by atoms with E-state index in [9.17, 15) is 0 Å². The molecule has 1 N–H and O–H groups in total. The van der Waals surface area contributed by atoms with Crippen molar-refractivity contribution in [1.29, 1.82) is 0 Å². The predicted octanol–water partition coefficient (Wildman–Crippen LogP) is 0.954. The molecule has 0 aromatic heterocycles. The molecule has 0 radical (unpaired) electrons. The Labute approximate surface area is 75.6 Å². The predicted molar refractivity (Wildman–Crippen MR) is 22.2 cm³/mol. The third kappa shape index (κ3) is 46.3. The number of hydrogen-bond acceptors (Lipinski definition) is 1. The molecule has 6 heavy (non-hydrogen) atoms. The molecule has 0 atom stereocenters. The van der Waals surface area contributed by atoms with Gasteiger partial charge in [-0.15, -0.1) is 0 Å². The van der Waals surface area contributed by atoms with Crippen molar-refractivity contribution in [3.05, 3.63) is 0 Å². The smallest absolute Gasteiger partial charge is 0.133 e. The van der Waals surface area contributed by atoms with Gasteiger partial charge >= 0.3 is 0 Å². The van der Waals surface area contributed by atoms with Crippen molar-refractivity contribution >= 4 is 11.6 Å². The van der Waals surface area contributed by atoms with E-state index in [1.807, 2.05) is 0 Å². The van der Waals surface area contributed by atoms with Crippen LogP contribution in [0, 0.1) is 40.8 Å². The normalized spacial score (nSPS) is 10.0. The minimum atomic E-state index is -1.03. The van der Waals surface area contributed by atoms with Gasteiger partial charge in [-0.05, 0) is 13.8 Å². The molecule has 1 nitrogen and oxygen atoms in total. The van der Waals surface area contributed by atoms with Crippen LogP contribution in [0.25, 0.3) is 0 Å². The summed E-state index contributed by atoms with van der Waals surface area (Å²) in [7, 11) is 0. The van der Waals surface area contributed by atoms with Crippen LogP contribution in [0.4, 0.5) is 0 Å². The van der Waals surface area contributed by atoms with Gasteiger partial charge in [0.1, 0.15) is 5.06 Å². The summed E-state index contributed by atoms with van der Waals surface area (Å²) in [6.07, 6.45) is 0. The molecule has 0 amide bonds. The second-order valence-electron chi connectivity index (χ2n) is 1.41. The SMILES string of the molecule is CC(C)(O)Cl.[Nd]. The molecule has 0 unspecified atom stereocenters. The van der Waals surface area contributed by atoms with Crippen LogP contribution in [-0.4, -0.2) is 10.2 Å². The molecule has 0 bridgehead atoms. The van der Waals surface area contributed by atoms with E-state index in [4.69, 9.17) is 16.7 Å². The van der Waals surface area contributed by atoms with E-state index in [0.717, 1.165) is 0 Å². The van der Waals surface area contributed by atoms with Crippen LogP contribution >= 0.6 is 11.6 Å². The maximum Gasteiger partial charge on any atom is 0.133 e. The molecule has 0 aliphatic carbocycles. The first kappa shape index (κ1) is 10.6. The second-order valence-corrected chi connectivity index (χ2v) is 2.33. The van der Waals surface area contributed by atoms with Crippen molar-refractivity contribution in [2.75, 3.05) is 0 Å². The van der Waals surface area contributed by atoms with Crippen LogP contribution in [0.5, 0.6) is 0 Å². The zero-order chi connectivity index (χ0) is 4.50. The summed E-state index contributed by atoms with van der Waals surface area (Å²) in [4.78, 5) is 0. The van der Waals surface area contributed by atoms with Crippen molar-refractivity contribution in [2.45, 2.75) is 18.9 Å². The van der Waals surface area contributed by atoms with Gasteiger partial charge in [0.05, 0.1) is 0 Å². The molecule has 0 aromatic carbocycles. The van der Waals surface area contributed by atoms with Crippen molar-refractivity contribution in [3.63, 3.8) is 0 Å². The van der Waals surface area contributed by atoms with Crippen molar-refractivity contribution < 1.29 is 45.9 Å². The van der Waals surface area contributed by atoms with Gasteiger partial charge in [-0.2, -0.15) is 0 Å². The van der Waals surface area contributed by atoms with Crippen LogP contribution in [0.2, 0.25) is 0 Å². The van der Waals surface area contributed by atoms with Gasteiger partial charge in [-0.25, -0.2) is 0 Å². The van der Waals surface area contributed by atoms with E-state index in [0.29, 0.717) is 0 Å². The quantitative estimate of drug-likeness (QED) is 0.624. The molecule has 0 saturated carbocycles. The van der Waals surface area contributed by atoms with E-state index < -0.39 is 5.06 Å². The third-order valence-electron chi connectivity index (χ3n) is 0. The van der Waals surface area contributed by atoms with Crippen LogP contribution in [-0.2, 0) is 0 Å². The summed E-state index contributed by atoms with van der Waals surface area (Å²) in [5.74, 6) is 0. The molecule has 0 aromatic rings. The van der Waals surface area contributed by atoms with E-state index in [1.165, 1.54) is 13.8 Å². The zero-order valence-corrected chi connectivity index (χ0v) is 7.79. The minimum absolute atomic E-state index is 0. The summed E-state index contributed by atoms with van der Waals surface area (Å²) in [6.45, 7) is 3.02. The molecule has 0 spiro atoms. The van der Waals surface area contributed by atoms with E-state index in [2.05, 4.69) is 0 Å². The Hall–Kier alpha value is 1.60. The Morgan fingerprint density at radius 3 is 1.50 bits per heavy atom.